The number of carbonyl (C=O) groups excluding carboxylic acids is 1. The van der Waals surface area contributed by atoms with Gasteiger partial charge in [0.1, 0.15) is 11.4 Å². The Bertz CT molecular complexity index is 843. The number of ether oxygens (including phenoxy) is 1. The highest BCUT2D eigenvalue weighted by molar-refractivity contribution is 5.94. The number of aromatic nitrogens is 2. The Labute approximate surface area is 161 Å². The van der Waals surface area contributed by atoms with E-state index in [-0.39, 0.29) is 17.2 Å². The van der Waals surface area contributed by atoms with Gasteiger partial charge in [0.2, 0.25) is 0 Å². The molecule has 28 heavy (non-hydrogen) atoms. The van der Waals surface area contributed by atoms with Crippen LogP contribution in [-0.4, -0.2) is 28.3 Å². The molecular weight excluding hydrogens is 364 g/mol. The molecule has 4 bridgehead atoms. The molecule has 148 valence electrons. The van der Waals surface area contributed by atoms with Crippen molar-refractivity contribution in [1.82, 2.24) is 15.5 Å². The predicted molar refractivity (Wildman–Crippen MR) is 99.0 cm³/mol. The van der Waals surface area contributed by atoms with E-state index in [1.165, 1.54) is 31.4 Å². The first-order chi connectivity index (χ1) is 13.5. The first kappa shape index (κ1) is 17.6. The lowest BCUT2D eigenvalue weighted by molar-refractivity contribution is -0.0498. The van der Waals surface area contributed by atoms with Crippen molar-refractivity contribution in [3.63, 3.8) is 0 Å². The van der Waals surface area contributed by atoms with Crippen LogP contribution >= 0.6 is 0 Å². The smallest absolute Gasteiger partial charge is 0.387 e. The summed E-state index contributed by atoms with van der Waals surface area (Å²) in [6.45, 7) is -2.85. The van der Waals surface area contributed by atoms with Gasteiger partial charge in [-0.15, -0.1) is 0 Å². The van der Waals surface area contributed by atoms with Crippen molar-refractivity contribution in [2.45, 2.75) is 50.7 Å². The van der Waals surface area contributed by atoms with E-state index in [9.17, 15) is 13.6 Å². The molecule has 1 aromatic heterocycles. The highest BCUT2D eigenvalue weighted by atomic mass is 19.3. The van der Waals surface area contributed by atoms with Gasteiger partial charge in [-0.05, 0) is 86.6 Å². The summed E-state index contributed by atoms with van der Waals surface area (Å²) < 4.78 is 28.9. The summed E-state index contributed by atoms with van der Waals surface area (Å²) in [5.41, 5.74) is 1.70. The fourth-order valence-corrected chi connectivity index (χ4v) is 5.96. The molecule has 1 aromatic carbocycles. The summed E-state index contributed by atoms with van der Waals surface area (Å²) in [6.07, 6.45) is 7.27. The Balaban J connectivity index is 1.29. The molecule has 0 aliphatic heterocycles. The number of nitrogens with one attached hydrogen (secondary N) is 2. The van der Waals surface area contributed by atoms with Crippen molar-refractivity contribution < 1.29 is 18.3 Å². The molecule has 0 atom stereocenters. The van der Waals surface area contributed by atoms with E-state index in [2.05, 4.69) is 20.3 Å². The molecule has 2 aromatic rings. The zero-order valence-electron chi connectivity index (χ0n) is 15.5. The third kappa shape index (κ3) is 3.27. The largest absolute Gasteiger partial charge is 0.435 e. The first-order valence-electron chi connectivity index (χ1n) is 9.91. The second kappa shape index (κ2) is 6.57. The maximum atomic E-state index is 12.9. The Kier molecular flexibility index (Phi) is 4.14. The van der Waals surface area contributed by atoms with E-state index in [4.69, 9.17) is 0 Å². The summed E-state index contributed by atoms with van der Waals surface area (Å²) in [7, 11) is 0. The quantitative estimate of drug-likeness (QED) is 0.800. The van der Waals surface area contributed by atoms with Crippen LogP contribution in [0.5, 0.6) is 5.75 Å². The van der Waals surface area contributed by atoms with E-state index >= 15 is 0 Å². The van der Waals surface area contributed by atoms with Gasteiger partial charge >= 0.3 is 6.61 Å². The van der Waals surface area contributed by atoms with Crippen LogP contribution in [0.2, 0.25) is 0 Å². The van der Waals surface area contributed by atoms with Crippen LogP contribution in [0, 0.1) is 17.8 Å². The Morgan fingerprint density at radius 1 is 1.11 bits per heavy atom. The van der Waals surface area contributed by atoms with Crippen LogP contribution in [0.15, 0.2) is 30.3 Å². The van der Waals surface area contributed by atoms with Gasteiger partial charge in [-0.25, -0.2) is 0 Å². The molecule has 2 N–H and O–H groups in total. The molecule has 4 fully saturated rings. The molecule has 4 aliphatic rings. The number of H-pyrrole nitrogens is 1. The van der Waals surface area contributed by atoms with E-state index in [0.29, 0.717) is 11.4 Å². The van der Waals surface area contributed by atoms with Crippen LogP contribution in [-0.2, 0) is 0 Å². The Morgan fingerprint density at radius 2 is 1.71 bits per heavy atom. The van der Waals surface area contributed by atoms with Gasteiger partial charge in [-0.3, -0.25) is 9.89 Å². The Hall–Kier alpha value is -2.44. The fourth-order valence-electron chi connectivity index (χ4n) is 5.96. The minimum absolute atomic E-state index is 0.0502. The Morgan fingerprint density at radius 3 is 2.29 bits per heavy atom. The lowest BCUT2D eigenvalue weighted by Gasteiger charge is -2.56. The van der Waals surface area contributed by atoms with Gasteiger partial charge < -0.3 is 10.1 Å². The second-order valence-corrected chi connectivity index (χ2v) is 8.72. The average Bonchev–Trinajstić information content (AvgIpc) is 3.10. The maximum absolute atomic E-state index is 12.9. The number of halogens is 2. The number of amides is 1. The lowest BCUT2D eigenvalue weighted by Crippen LogP contribution is -2.59. The summed E-state index contributed by atoms with van der Waals surface area (Å²) >= 11 is 0. The molecule has 0 radical (unpaired) electrons. The van der Waals surface area contributed by atoms with Crippen LogP contribution in [0.4, 0.5) is 8.78 Å². The second-order valence-electron chi connectivity index (χ2n) is 8.72. The van der Waals surface area contributed by atoms with Crippen molar-refractivity contribution in [3.8, 4) is 17.0 Å². The van der Waals surface area contributed by atoms with E-state index < -0.39 is 6.61 Å². The number of hydrogen-bond donors (Lipinski definition) is 2. The van der Waals surface area contributed by atoms with Crippen molar-refractivity contribution in [2.75, 3.05) is 0 Å². The summed E-state index contributed by atoms with van der Waals surface area (Å²) in [6, 6.07) is 7.93. The normalized spacial score (nSPS) is 30.6. The van der Waals surface area contributed by atoms with E-state index in [1.54, 1.807) is 18.2 Å². The van der Waals surface area contributed by atoms with Crippen molar-refractivity contribution in [2.24, 2.45) is 17.8 Å². The molecule has 4 aliphatic carbocycles. The van der Waals surface area contributed by atoms with E-state index in [0.717, 1.165) is 42.6 Å². The molecule has 0 unspecified atom stereocenters. The monoisotopic (exact) mass is 387 g/mol. The van der Waals surface area contributed by atoms with Crippen LogP contribution in [0.25, 0.3) is 11.3 Å². The predicted octanol–water partition coefficient (Wildman–Crippen LogP) is 4.38. The molecule has 1 heterocycles. The number of benzene rings is 1. The number of nitrogens with zero attached hydrogens (tertiary/aromatic N) is 1. The van der Waals surface area contributed by atoms with Gasteiger partial charge in [0, 0.05) is 11.1 Å². The lowest BCUT2D eigenvalue weighted by atomic mass is 9.53. The summed E-state index contributed by atoms with van der Waals surface area (Å²) in [4.78, 5) is 12.9. The molecule has 0 saturated heterocycles. The average molecular weight is 387 g/mol. The number of rotatable bonds is 5. The van der Waals surface area contributed by atoms with Crippen molar-refractivity contribution in [3.05, 3.63) is 36.0 Å². The SMILES string of the molecule is O=C(NC12CC3CC(CC(C3)C1)C2)c1cc(-c2ccc(OC(F)F)cc2)n[nH]1. The van der Waals surface area contributed by atoms with E-state index in [1.807, 2.05) is 0 Å². The fraction of sp³-hybridized carbons (Fsp3) is 0.524. The van der Waals surface area contributed by atoms with Gasteiger partial charge in [0.15, 0.2) is 0 Å². The minimum Gasteiger partial charge on any atom is -0.435 e. The molecule has 5 nitrogen and oxygen atoms in total. The standard InChI is InChI=1S/C21H23F2N3O2/c22-20(23)28-16-3-1-15(2-4-16)17-8-18(26-25-17)19(27)24-21-9-12-5-13(10-21)7-14(6-12)11-21/h1-4,8,12-14,20H,5-7,9-11H2,(H,24,27)(H,25,26). The zero-order valence-corrected chi connectivity index (χ0v) is 15.5. The van der Waals surface area contributed by atoms with Crippen molar-refractivity contribution >= 4 is 5.91 Å². The molecule has 4 saturated carbocycles. The molecule has 6 rings (SSSR count). The highest BCUT2D eigenvalue weighted by Crippen LogP contribution is 2.55. The minimum atomic E-state index is -2.85. The molecule has 0 spiro atoms. The highest BCUT2D eigenvalue weighted by Gasteiger charge is 2.51. The van der Waals surface area contributed by atoms with Crippen LogP contribution in [0.1, 0.15) is 49.0 Å². The number of hydrogen-bond acceptors (Lipinski definition) is 3. The zero-order chi connectivity index (χ0) is 19.3. The third-order valence-corrected chi connectivity index (χ3v) is 6.61. The van der Waals surface area contributed by atoms with Crippen LogP contribution < -0.4 is 10.1 Å². The van der Waals surface area contributed by atoms with Gasteiger partial charge in [-0.1, -0.05) is 0 Å². The molecular formula is C21H23F2N3O2. The third-order valence-electron chi connectivity index (χ3n) is 6.61. The van der Waals surface area contributed by atoms with Crippen molar-refractivity contribution in [1.29, 1.82) is 0 Å². The number of alkyl halides is 2. The molecule has 7 heteroatoms. The van der Waals surface area contributed by atoms with Crippen LogP contribution in [0.3, 0.4) is 0 Å². The number of carbonyl (C=O) groups is 1. The first-order valence-corrected chi connectivity index (χ1v) is 9.91. The number of aromatic amines is 1. The maximum Gasteiger partial charge on any atom is 0.387 e. The van der Waals surface area contributed by atoms with Gasteiger partial charge in [-0.2, -0.15) is 13.9 Å². The van der Waals surface area contributed by atoms with Gasteiger partial charge in [0.25, 0.3) is 5.91 Å². The van der Waals surface area contributed by atoms with Gasteiger partial charge in [0.05, 0.1) is 5.69 Å². The molecule has 1 amide bonds. The summed E-state index contributed by atoms with van der Waals surface area (Å²) in [5.74, 6) is 2.26. The summed E-state index contributed by atoms with van der Waals surface area (Å²) in [5, 5.41) is 10.4. The topological polar surface area (TPSA) is 67.0 Å².